The Morgan fingerprint density at radius 3 is 2.25 bits per heavy atom. The van der Waals surface area contributed by atoms with E-state index in [4.69, 9.17) is 0 Å². The summed E-state index contributed by atoms with van der Waals surface area (Å²) in [5.74, 6) is -0.102. The molecule has 0 atom stereocenters. The quantitative estimate of drug-likeness (QED) is 0.587. The fourth-order valence-corrected chi connectivity index (χ4v) is 2.67. The Kier molecular flexibility index (Phi) is 5.61. The highest BCUT2D eigenvalue weighted by molar-refractivity contribution is 5.73. The smallest absolute Gasteiger partial charge is 0.334 e. The molecule has 0 amide bonds. The minimum atomic E-state index is -4.46. The molecule has 1 fully saturated rings. The zero-order chi connectivity index (χ0) is 20.3. The molecule has 1 aromatic carbocycles. The third kappa shape index (κ3) is 4.64. The summed E-state index contributed by atoms with van der Waals surface area (Å²) < 4.78 is 38.0. The molecule has 28 heavy (non-hydrogen) atoms. The average molecular weight is 397 g/mol. The van der Waals surface area contributed by atoms with Gasteiger partial charge in [0.15, 0.2) is 0 Å². The van der Waals surface area contributed by atoms with E-state index < -0.39 is 16.7 Å². The normalized spacial score (nSPS) is 16.0. The fourth-order valence-electron chi connectivity index (χ4n) is 2.67. The topological polar surface area (TPSA) is 99.5 Å². The SMILES string of the molecule is CN1CCN(Nc2ncnc(Nc3ccc(C(F)(F)F)cc3)c2[N+](=O)[O-])CC1. The number of piperazine rings is 1. The zero-order valence-electron chi connectivity index (χ0n) is 14.9. The molecule has 0 saturated carbocycles. The van der Waals surface area contributed by atoms with Crippen LogP contribution in [0, 0.1) is 10.1 Å². The highest BCUT2D eigenvalue weighted by Gasteiger charge is 2.30. The number of nitro groups is 1. The first-order chi connectivity index (χ1) is 13.2. The molecule has 2 heterocycles. The zero-order valence-corrected chi connectivity index (χ0v) is 14.9. The maximum atomic E-state index is 12.7. The van der Waals surface area contributed by atoms with Crippen molar-refractivity contribution >= 4 is 23.0 Å². The first-order valence-corrected chi connectivity index (χ1v) is 8.38. The van der Waals surface area contributed by atoms with Crippen molar-refractivity contribution < 1.29 is 18.1 Å². The van der Waals surface area contributed by atoms with Gasteiger partial charge in [0.25, 0.3) is 0 Å². The van der Waals surface area contributed by atoms with Crippen molar-refractivity contribution in [1.29, 1.82) is 0 Å². The number of hydrazine groups is 1. The van der Waals surface area contributed by atoms with Crippen LogP contribution >= 0.6 is 0 Å². The van der Waals surface area contributed by atoms with Gasteiger partial charge in [-0.15, -0.1) is 0 Å². The minimum Gasteiger partial charge on any atom is -0.334 e. The van der Waals surface area contributed by atoms with Crippen LogP contribution in [0.4, 0.5) is 36.2 Å². The molecule has 0 radical (unpaired) electrons. The number of nitrogens with zero attached hydrogens (tertiary/aromatic N) is 5. The van der Waals surface area contributed by atoms with Crippen molar-refractivity contribution in [2.45, 2.75) is 6.18 Å². The molecule has 0 spiro atoms. The number of nitrogens with one attached hydrogen (secondary N) is 2. The Balaban J connectivity index is 1.82. The number of hydrogen-bond acceptors (Lipinski definition) is 8. The lowest BCUT2D eigenvalue weighted by molar-refractivity contribution is -0.383. The van der Waals surface area contributed by atoms with E-state index in [1.807, 2.05) is 12.1 Å². The van der Waals surface area contributed by atoms with Gasteiger partial charge in [-0.3, -0.25) is 15.5 Å². The number of anilines is 3. The predicted octanol–water partition coefficient (Wildman–Crippen LogP) is 2.72. The number of alkyl halides is 3. The molecule has 1 aliphatic rings. The molecule has 150 valence electrons. The van der Waals surface area contributed by atoms with E-state index in [2.05, 4.69) is 25.6 Å². The van der Waals surface area contributed by atoms with Gasteiger partial charge in [0.2, 0.25) is 11.6 Å². The van der Waals surface area contributed by atoms with Crippen LogP contribution in [0.5, 0.6) is 0 Å². The molecular formula is C16H18F3N7O2. The Hall–Kier alpha value is -2.99. The summed E-state index contributed by atoms with van der Waals surface area (Å²) in [6, 6.07) is 4.14. The van der Waals surface area contributed by atoms with Crippen LogP contribution < -0.4 is 10.7 Å². The number of halogens is 3. The summed E-state index contributed by atoms with van der Waals surface area (Å²) in [6.45, 7) is 2.89. The molecule has 0 aliphatic carbocycles. The van der Waals surface area contributed by atoms with Gasteiger partial charge in [-0.25, -0.2) is 15.0 Å². The lowest BCUT2D eigenvalue weighted by Gasteiger charge is -2.32. The fraction of sp³-hybridized carbons (Fsp3) is 0.375. The van der Waals surface area contributed by atoms with E-state index in [0.717, 1.165) is 31.5 Å². The molecule has 1 aromatic heterocycles. The molecular weight excluding hydrogens is 379 g/mol. The molecule has 2 aromatic rings. The van der Waals surface area contributed by atoms with Gasteiger partial charge in [-0.2, -0.15) is 13.2 Å². The first-order valence-electron chi connectivity index (χ1n) is 8.38. The van der Waals surface area contributed by atoms with Gasteiger partial charge < -0.3 is 10.2 Å². The van der Waals surface area contributed by atoms with Gasteiger partial charge in [0.05, 0.1) is 10.5 Å². The largest absolute Gasteiger partial charge is 0.416 e. The Morgan fingerprint density at radius 2 is 1.68 bits per heavy atom. The minimum absolute atomic E-state index is 0.0129. The second kappa shape index (κ2) is 7.94. The number of aromatic nitrogens is 2. The van der Waals surface area contributed by atoms with Crippen LogP contribution in [0.1, 0.15) is 5.56 Å². The summed E-state index contributed by atoms with van der Waals surface area (Å²) in [6.07, 6.45) is -3.31. The van der Waals surface area contributed by atoms with E-state index in [-0.39, 0.29) is 23.0 Å². The molecule has 3 rings (SSSR count). The van der Waals surface area contributed by atoms with Crippen LogP contribution in [-0.4, -0.2) is 58.0 Å². The van der Waals surface area contributed by atoms with E-state index >= 15 is 0 Å². The van der Waals surface area contributed by atoms with E-state index in [1.54, 1.807) is 0 Å². The van der Waals surface area contributed by atoms with Crippen molar-refractivity contribution in [3.05, 3.63) is 46.3 Å². The second-order valence-corrected chi connectivity index (χ2v) is 6.28. The summed E-state index contributed by atoms with van der Waals surface area (Å²) in [5, 5.41) is 16.1. The number of rotatable bonds is 5. The Labute approximate surface area is 158 Å². The van der Waals surface area contributed by atoms with Crippen molar-refractivity contribution in [3.8, 4) is 0 Å². The van der Waals surface area contributed by atoms with Gasteiger partial charge in [-0.05, 0) is 31.3 Å². The summed E-state index contributed by atoms with van der Waals surface area (Å²) in [7, 11) is 1.98. The van der Waals surface area contributed by atoms with Crippen LogP contribution in [0.25, 0.3) is 0 Å². The van der Waals surface area contributed by atoms with Gasteiger partial charge >= 0.3 is 11.9 Å². The highest BCUT2D eigenvalue weighted by atomic mass is 19.4. The Bertz CT molecular complexity index is 837. The third-order valence-corrected chi connectivity index (χ3v) is 4.25. The summed E-state index contributed by atoms with van der Waals surface area (Å²) in [5.41, 5.74) is 1.97. The molecule has 1 saturated heterocycles. The highest BCUT2D eigenvalue weighted by Crippen LogP contribution is 2.33. The Morgan fingerprint density at radius 1 is 1.07 bits per heavy atom. The maximum absolute atomic E-state index is 12.7. The van der Waals surface area contributed by atoms with Crippen molar-refractivity contribution in [2.75, 3.05) is 44.0 Å². The molecule has 0 unspecified atom stereocenters. The predicted molar refractivity (Wildman–Crippen MR) is 96.1 cm³/mol. The van der Waals surface area contributed by atoms with Gasteiger partial charge in [-0.1, -0.05) is 0 Å². The maximum Gasteiger partial charge on any atom is 0.416 e. The lowest BCUT2D eigenvalue weighted by Crippen LogP contribution is -2.47. The van der Waals surface area contributed by atoms with E-state index in [9.17, 15) is 23.3 Å². The van der Waals surface area contributed by atoms with Crippen molar-refractivity contribution in [2.24, 2.45) is 0 Å². The lowest BCUT2D eigenvalue weighted by atomic mass is 10.2. The first kappa shape index (κ1) is 19.8. The molecule has 0 bridgehead atoms. The second-order valence-electron chi connectivity index (χ2n) is 6.28. The standard InChI is InChI=1S/C16H18F3N7O2/c1-24-6-8-25(9-7-24)23-15-13(26(27)28)14(20-10-21-15)22-12-4-2-11(3-5-12)16(17,18)19/h2-5,10H,6-9H2,1H3,(H2,20,21,22,23). The number of likely N-dealkylation sites (N-methyl/N-ethyl adjacent to an activating group) is 1. The molecule has 2 N–H and O–H groups in total. The van der Waals surface area contributed by atoms with E-state index in [0.29, 0.717) is 13.1 Å². The average Bonchev–Trinajstić information content (AvgIpc) is 2.63. The van der Waals surface area contributed by atoms with Crippen LogP contribution in [0.3, 0.4) is 0 Å². The van der Waals surface area contributed by atoms with Gasteiger partial charge in [0, 0.05) is 31.9 Å². The monoisotopic (exact) mass is 397 g/mol. The van der Waals surface area contributed by atoms with Crippen LogP contribution in [0.15, 0.2) is 30.6 Å². The summed E-state index contributed by atoms with van der Waals surface area (Å²) in [4.78, 5) is 20.9. The number of benzene rings is 1. The van der Waals surface area contributed by atoms with Gasteiger partial charge in [0.1, 0.15) is 6.33 Å². The van der Waals surface area contributed by atoms with E-state index in [1.165, 1.54) is 12.1 Å². The molecule has 9 nitrogen and oxygen atoms in total. The third-order valence-electron chi connectivity index (χ3n) is 4.25. The number of hydrogen-bond donors (Lipinski definition) is 2. The molecule has 12 heteroatoms. The summed E-state index contributed by atoms with van der Waals surface area (Å²) >= 11 is 0. The van der Waals surface area contributed by atoms with Crippen LogP contribution in [-0.2, 0) is 6.18 Å². The van der Waals surface area contributed by atoms with Crippen molar-refractivity contribution in [3.63, 3.8) is 0 Å². The molecule has 1 aliphatic heterocycles. The van der Waals surface area contributed by atoms with Crippen LogP contribution in [0.2, 0.25) is 0 Å². The van der Waals surface area contributed by atoms with Crippen molar-refractivity contribution in [1.82, 2.24) is 19.9 Å².